The SMILES string of the molecule is O=C(CC=Nc1cccc(O)c1)c1ccccc1. The highest BCUT2D eigenvalue weighted by Crippen LogP contribution is 2.17. The lowest BCUT2D eigenvalue weighted by Crippen LogP contribution is -1.98. The maximum atomic E-state index is 11.8. The molecule has 2 aromatic rings. The summed E-state index contributed by atoms with van der Waals surface area (Å²) >= 11 is 0. The lowest BCUT2D eigenvalue weighted by atomic mass is 10.1. The number of nitrogens with zero attached hydrogens (tertiary/aromatic N) is 1. The number of aromatic hydroxyl groups is 1. The summed E-state index contributed by atoms with van der Waals surface area (Å²) in [5.41, 5.74) is 1.32. The van der Waals surface area contributed by atoms with Gasteiger partial charge >= 0.3 is 0 Å². The van der Waals surface area contributed by atoms with Gasteiger partial charge in [0.1, 0.15) is 5.75 Å². The first-order chi connectivity index (χ1) is 8.75. The number of carbonyl (C=O) groups is 1. The number of aliphatic imine (C=N–C) groups is 1. The molecule has 0 radical (unpaired) electrons. The summed E-state index contributed by atoms with van der Waals surface area (Å²) in [7, 11) is 0. The monoisotopic (exact) mass is 239 g/mol. The molecule has 1 N–H and O–H groups in total. The molecule has 3 heteroatoms. The molecule has 0 bridgehead atoms. The van der Waals surface area contributed by atoms with Crippen LogP contribution in [0, 0.1) is 0 Å². The Morgan fingerprint density at radius 1 is 1.11 bits per heavy atom. The second-order valence-corrected chi connectivity index (χ2v) is 3.82. The van der Waals surface area contributed by atoms with E-state index in [4.69, 9.17) is 0 Å². The lowest BCUT2D eigenvalue weighted by molar-refractivity contribution is 0.100. The van der Waals surface area contributed by atoms with E-state index in [1.165, 1.54) is 0 Å². The van der Waals surface area contributed by atoms with Gasteiger partial charge in [0.05, 0.1) is 5.69 Å². The van der Waals surface area contributed by atoms with Crippen LogP contribution in [0.15, 0.2) is 59.6 Å². The molecule has 0 aromatic heterocycles. The van der Waals surface area contributed by atoms with Gasteiger partial charge < -0.3 is 5.11 Å². The summed E-state index contributed by atoms with van der Waals surface area (Å²) in [6.07, 6.45) is 1.81. The zero-order chi connectivity index (χ0) is 12.8. The number of hydrogen-bond donors (Lipinski definition) is 1. The maximum Gasteiger partial charge on any atom is 0.168 e. The molecule has 0 aliphatic carbocycles. The number of Topliss-reactive ketones (excluding diaryl/α,β-unsaturated/α-hetero) is 1. The Balaban J connectivity index is 1.98. The van der Waals surface area contributed by atoms with E-state index in [1.54, 1.807) is 42.6 Å². The standard InChI is InChI=1S/C15H13NO2/c17-14-8-4-7-13(11-14)16-10-9-15(18)12-5-2-1-3-6-12/h1-8,10-11,17H,9H2. The highest BCUT2D eigenvalue weighted by Gasteiger charge is 2.01. The van der Waals surface area contributed by atoms with E-state index < -0.39 is 0 Å². The minimum atomic E-state index is 0.0273. The van der Waals surface area contributed by atoms with Gasteiger partial charge in [0.15, 0.2) is 5.78 Å². The van der Waals surface area contributed by atoms with Gasteiger partial charge in [-0.2, -0.15) is 0 Å². The van der Waals surface area contributed by atoms with Crippen LogP contribution in [0.25, 0.3) is 0 Å². The third-order valence-electron chi connectivity index (χ3n) is 2.44. The molecule has 0 unspecified atom stereocenters. The fourth-order valence-electron chi connectivity index (χ4n) is 1.55. The molecular weight excluding hydrogens is 226 g/mol. The van der Waals surface area contributed by atoms with Crippen molar-refractivity contribution >= 4 is 17.7 Å². The van der Waals surface area contributed by atoms with Crippen LogP contribution in [0.4, 0.5) is 5.69 Å². The molecule has 0 amide bonds. The van der Waals surface area contributed by atoms with Gasteiger partial charge in [0.25, 0.3) is 0 Å². The third-order valence-corrected chi connectivity index (χ3v) is 2.44. The van der Waals surface area contributed by atoms with E-state index in [0.717, 1.165) is 0 Å². The molecule has 0 saturated carbocycles. The summed E-state index contributed by atoms with van der Waals surface area (Å²) in [5.74, 6) is 0.193. The van der Waals surface area contributed by atoms with Crippen molar-refractivity contribution in [1.82, 2.24) is 0 Å². The first-order valence-corrected chi connectivity index (χ1v) is 5.65. The molecule has 0 aliphatic rings. The Bertz CT molecular complexity index is 562. The van der Waals surface area contributed by atoms with Crippen LogP contribution >= 0.6 is 0 Å². The Labute approximate surface area is 105 Å². The van der Waals surface area contributed by atoms with Crippen molar-refractivity contribution in [2.45, 2.75) is 6.42 Å². The molecule has 0 aliphatic heterocycles. The van der Waals surface area contributed by atoms with E-state index in [2.05, 4.69) is 4.99 Å². The van der Waals surface area contributed by atoms with Gasteiger partial charge in [-0.05, 0) is 12.1 Å². The van der Waals surface area contributed by atoms with Crippen molar-refractivity contribution in [2.24, 2.45) is 4.99 Å². The first kappa shape index (κ1) is 12.0. The molecule has 90 valence electrons. The maximum absolute atomic E-state index is 11.8. The molecule has 0 fully saturated rings. The van der Waals surface area contributed by atoms with Crippen LogP contribution in [0.1, 0.15) is 16.8 Å². The van der Waals surface area contributed by atoms with E-state index in [1.807, 2.05) is 18.2 Å². The average molecular weight is 239 g/mol. The van der Waals surface area contributed by atoms with Crippen LogP contribution in [-0.4, -0.2) is 17.1 Å². The third kappa shape index (κ3) is 3.28. The molecule has 3 nitrogen and oxygen atoms in total. The van der Waals surface area contributed by atoms with Crippen molar-refractivity contribution in [3.05, 3.63) is 60.2 Å². The number of rotatable bonds is 4. The van der Waals surface area contributed by atoms with Crippen molar-refractivity contribution in [2.75, 3.05) is 0 Å². The Morgan fingerprint density at radius 3 is 2.61 bits per heavy atom. The largest absolute Gasteiger partial charge is 0.508 e. The zero-order valence-corrected chi connectivity index (χ0v) is 9.78. The summed E-state index contributed by atoms with van der Waals surface area (Å²) < 4.78 is 0. The fourth-order valence-corrected chi connectivity index (χ4v) is 1.55. The highest BCUT2D eigenvalue weighted by molar-refractivity contribution is 6.03. The number of carbonyl (C=O) groups excluding carboxylic acids is 1. The van der Waals surface area contributed by atoms with Gasteiger partial charge in [-0.25, -0.2) is 0 Å². The predicted octanol–water partition coefficient (Wildman–Crippen LogP) is 3.37. The predicted molar refractivity (Wildman–Crippen MR) is 71.6 cm³/mol. The highest BCUT2D eigenvalue weighted by atomic mass is 16.3. The minimum Gasteiger partial charge on any atom is -0.508 e. The summed E-state index contributed by atoms with van der Waals surface area (Å²) in [4.78, 5) is 15.9. The number of ketones is 1. The van der Waals surface area contributed by atoms with Crippen molar-refractivity contribution in [3.63, 3.8) is 0 Å². The normalized spacial score (nSPS) is 10.7. The van der Waals surface area contributed by atoms with Crippen LogP contribution in [0.3, 0.4) is 0 Å². The Kier molecular flexibility index (Phi) is 3.86. The first-order valence-electron chi connectivity index (χ1n) is 5.65. The second kappa shape index (κ2) is 5.77. The van der Waals surface area contributed by atoms with Crippen LogP contribution in [-0.2, 0) is 0 Å². The molecule has 0 atom stereocenters. The average Bonchev–Trinajstić information content (AvgIpc) is 2.40. The number of benzene rings is 2. The van der Waals surface area contributed by atoms with Gasteiger partial charge in [-0.1, -0.05) is 36.4 Å². The van der Waals surface area contributed by atoms with Gasteiger partial charge in [-0.15, -0.1) is 0 Å². The molecule has 0 saturated heterocycles. The quantitative estimate of drug-likeness (QED) is 0.657. The van der Waals surface area contributed by atoms with Crippen molar-refractivity contribution in [3.8, 4) is 5.75 Å². The van der Waals surface area contributed by atoms with E-state index >= 15 is 0 Å². The second-order valence-electron chi connectivity index (χ2n) is 3.82. The van der Waals surface area contributed by atoms with Crippen molar-refractivity contribution in [1.29, 1.82) is 0 Å². The molecule has 0 spiro atoms. The Morgan fingerprint density at radius 2 is 1.89 bits per heavy atom. The number of hydrogen-bond acceptors (Lipinski definition) is 3. The number of phenols is 1. The summed E-state index contributed by atoms with van der Waals surface area (Å²) in [6, 6.07) is 15.7. The van der Waals surface area contributed by atoms with E-state index in [0.29, 0.717) is 11.3 Å². The van der Waals surface area contributed by atoms with Crippen molar-refractivity contribution < 1.29 is 9.90 Å². The van der Waals surface area contributed by atoms with Crippen LogP contribution < -0.4 is 0 Å². The fraction of sp³-hybridized carbons (Fsp3) is 0.0667. The molecule has 2 aromatic carbocycles. The molecule has 18 heavy (non-hydrogen) atoms. The van der Waals surface area contributed by atoms with Gasteiger partial charge in [0, 0.05) is 24.3 Å². The summed E-state index contributed by atoms with van der Waals surface area (Å²) in [5, 5.41) is 9.26. The number of phenolic OH excluding ortho intramolecular Hbond substituents is 1. The lowest BCUT2D eigenvalue weighted by Gasteiger charge is -1.97. The smallest absolute Gasteiger partial charge is 0.168 e. The topological polar surface area (TPSA) is 49.7 Å². The van der Waals surface area contributed by atoms with Gasteiger partial charge in [-0.3, -0.25) is 9.79 Å². The molecular formula is C15H13NO2. The van der Waals surface area contributed by atoms with E-state index in [9.17, 15) is 9.90 Å². The molecule has 0 heterocycles. The minimum absolute atomic E-state index is 0.0273. The van der Waals surface area contributed by atoms with Crippen LogP contribution in [0.5, 0.6) is 5.75 Å². The Hall–Kier alpha value is -2.42. The molecule has 2 rings (SSSR count). The van der Waals surface area contributed by atoms with Crippen LogP contribution in [0.2, 0.25) is 0 Å². The van der Waals surface area contributed by atoms with Gasteiger partial charge in [0.2, 0.25) is 0 Å². The van der Waals surface area contributed by atoms with E-state index in [-0.39, 0.29) is 18.0 Å². The summed E-state index contributed by atoms with van der Waals surface area (Å²) in [6.45, 7) is 0. The zero-order valence-electron chi connectivity index (χ0n) is 9.78.